The Labute approximate surface area is 148 Å². The number of halogens is 4. The van der Waals surface area contributed by atoms with Crippen LogP contribution in [0.3, 0.4) is 0 Å². The van der Waals surface area contributed by atoms with Crippen LogP contribution >= 0.6 is 15.9 Å². The lowest BCUT2D eigenvalue weighted by Gasteiger charge is -2.14. The Kier molecular flexibility index (Phi) is 4.06. The van der Waals surface area contributed by atoms with Gasteiger partial charge < -0.3 is 9.84 Å². The molecule has 25 heavy (non-hydrogen) atoms. The summed E-state index contributed by atoms with van der Waals surface area (Å²) in [4.78, 5) is 2.35. The lowest BCUT2D eigenvalue weighted by atomic mass is 10.1. The van der Waals surface area contributed by atoms with Crippen LogP contribution < -0.4 is 4.74 Å². The maximum Gasteiger partial charge on any atom is 0.379 e. The number of aliphatic hydroxyl groups is 1. The van der Waals surface area contributed by atoms with E-state index in [0.29, 0.717) is 0 Å². The summed E-state index contributed by atoms with van der Waals surface area (Å²) in [5.41, 5.74) is -0.578. The second-order valence-electron chi connectivity index (χ2n) is 5.12. The number of hydrogen-bond donors (Lipinski definition) is 1. The van der Waals surface area contributed by atoms with Crippen LogP contribution in [-0.2, 0) is 9.84 Å². The summed E-state index contributed by atoms with van der Waals surface area (Å²) in [7, 11) is -5.03. The van der Waals surface area contributed by atoms with Crippen LogP contribution in [0.2, 0.25) is 0 Å². The maximum atomic E-state index is 13.8. The topological polar surface area (TPSA) is 68.0 Å². The number of rotatable bonds is 2. The Bertz CT molecular complexity index is 1030. The highest BCUT2D eigenvalue weighted by atomic mass is 79.9. The van der Waals surface area contributed by atoms with E-state index in [1.54, 1.807) is 0 Å². The number of alkyl halides is 2. The van der Waals surface area contributed by atoms with Crippen molar-refractivity contribution >= 4 is 31.5 Å². The zero-order chi connectivity index (χ0) is 18.6. The van der Waals surface area contributed by atoms with E-state index >= 15 is 0 Å². The first-order chi connectivity index (χ1) is 11.6. The second kappa shape index (κ2) is 5.72. The molecule has 0 radical (unpaired) electrons. The fraction of sp³-hybridized carbons (Fsp3) is 0.133. The maximum absolute atomic E-state index is 13.8. The van der Waals surface area contributed by atoms with E-state index in [4.69, 9.17) is 11.3 Å². The summed E-state index contributed by atoms with van der Waals surface area (Å²) < 4.78 is 69.9. The van der Waals surface area contributed by atoms with Gasteiger partial charge in [0, 0.05) is 11.6 Å². The van der Waals surface area contributed by atoms with Crippen LogP contribution in [0.25, 0.3) is 4.85 Å². The van der Waals surface area contributed by atoms with Gasteiger partial charge >= 0.3 is 5.25 Å². The largest absolute Gasteiger partial charge is 0.457 e. The van der Waals surface area contributed by atoms with Gasteiger partial charge in [0.05, 0.1) is 15.9 Å². The van der Waals surface area contributed by atoms with Crippen LogP contribution in [0.1, 0.15) is 11.7 Å². The van der Waals surface area contributed by atoms with Crippen molar-refractivity contribution in [3.63, 3.8) is 0 Å². The summed E-state index contributed by atoms with van der Waals surface area (Å²) in [6.45, 7) is 6.88. The molecule has 0 amide bonds. The second-order valence-corrected chi connectivity index (χ2v) is 7.90. The molecule has 0 saturated heterocycles. The number of hydrogen-bond acceptors (Lipinski definition) is 4. The molecular formula is C15H7BrF3NO4S. The molecule has 0 bridgehead atoms. The van der Waals surface area contributed by atoms with Crippen LogP contribution in [0, 0.1) is 12.4 Å². The quantitative estimate of drug-likeness (QED) is 0.715. The van der Waals surface area contributed by atoms with Crippen LogP contribution in [0.5, 0.6) is 11.5 Å². The molecule has 0 unspecified atom stereocenters. The standard InChI is InChI=1S/C15H7BrF3NO4S/c1-20-8-4-7(17)5-9(6-8)24-10-2-3-11-12(13(10)16)14(21)15(18,19)25(11,22)23/h2-6,14,21H/t14-/m1/s1. The summed E-state index contributed by atoms with van der Waals surface area (Å²) in [6, 6.07) is 5.14. The molecule has 1 atom stereocenters. The summed E-state index contributed by atoms with van der Waals surface area (Å²) in [6.07, 6.45) is -2.57. The predicted molar refractivity (Wildman–Crippen MR) is 84.0 cm³/mol. The van der Waals surface area contributed by atoms with Gasteiger partial charge in [-0.3, -0.25) is 0 Å². The molecule has 2 aromatic rings. The van der Waals surface area contributed by atoms with Crippen molar-refractivity contribution in [1.82, 2.24) is 0 Å². The van der Waals surface area contributed by atoms with E-state index in [1.807, 2.05) is 0 Å². The highest BCUT2D eigenvalue weighted by molar-refractivity contribution is 9.10. The smallest absolute Gasteiger partial charge is 0.379 e. The molecule has 0 spiro atoms. The van der Waals surface area contributed by atoms with Crippen molar-refractivity contribution in [2.24, 2.45) is 0 Å². The van der Waals surface area contributed by atoms with Gasteiger partial charge in [0.1, 0.15) is 17.3 Å². The van der Waals surface area contributed by atoms with Crippen molar-refractivity contribution in [3.05, 3.63) is 57.6 Å². The van der Waals surface area contributed by atoms with Gasteiger partial charge in [-0.1, -0.05) is 0 Å². The van der Waals surface area contributed by atoms with Gasteiger partial charge in [-0.25, -0.2) is 17.7 Å². The Balaban J connectivity index is 2.10. The molecule has 0 aliphatic carbocycles. The molecule has 130 valence electrons. The number of fused-ring (bicyclic) bond motifs is 1. The first-order valence-corrected chi connectivity index (χ1v) is 8.86. The number of benzene rings is 2. The monoisotopic (exact) mass is 433 g/mol. The highest BCUT2D eigenvalue weighted by Gasteiger charge is 2.61. The van der Waals surface area contributed by atoms with Gasteiger partial charge in [-0.05, 0) is 40.2 Å². The molecule has 2 aromatic carbocycles. The zero-order valence-corrected chi connectivity index (χ0v) is 14.4. The van der Waals surface area contributed by atoms with Gasteiger partial charge in [-0.2, -0.15) is 8.78 Å². The van der Waals surface area contributed by atoms with Crippen LogP contribution in [0.15, 0.2) is 39.7 Å². The van der Waals surface area contributed by atoms with Gasteiger partial charge in [-0.15, -0.1) is 0 Å². The molecule has 0 fully saturated rings. The highest BCUT2D eigenvalue weighted by Crippen LogP contribution is 2.53. The average molecular weight is 434 g/mol. The fourth-order valence-corrected chi connectivity index (χ4v) is 4.61. The molecule has 1 heterocycles. The summed E-state index contributed by atoms with van der Waals surface area (Å²) in [5.74, 6) is -0.948. The van der Waals surface area contributed by atoms with Crippen molar-refractivity contribution in [3.8, 4) is 11.5 Å². The zero-order valence-electron chi connectivity index (χ0n) is 12.0. The van der Waals surface area contributed by atoms with E-state index < -0.39 is 37.5 Å². The Hall–Kier alpha value is -2.09. The fourth-order valence-electron chi connectivity index (χ4n) is 2.38. The lowest BCUT2D eigenvalue weighted by molar-refractivity contribution is -0.0379. The molecule has 5 nitrogen and oxygen atoms in total. The van der Waals surface area contributed by atoms with E-state index in [2.05, 4.69) is 20.8 Å². The minimum Gasteiger partial charge on any atom is -0.457 e. The minimum atomic E-state index is -5.03. The Morgan fingerprint density at radius 3 is 2.60 bits per heavy atom. The molecule has 1 aliphatic rings. The van der Waals surface area contributed by atoms with Gasteiger partial charge in [0.15, 0.2) is 11.8 Å². The van der Waals surface area contributed by atoms with E-state index in [9.17, 15) is 26.7 Å². The van der Waals surface area contributed by atoms with Gasteiger partial charge in [0.2, 0.25) is 9.84 Å². The number of ether oxygens (including phenoxy) is 1. The normalized spacial score (nSPS) is 19.9. The van der Waals surface area contributed by atoms with E-state index in [-0.39, 0.29) is 21.7 Å². The van der Waals surface area contributed by atoms with E-state index in [0.717, 1.165) is 24.3 Å². The molecular weight excluding hydrogens is 427 g/mol. The lowest BCUT2D eigenvalue weighted by Crippen LogP contribution is -2.28. The third-order valence-electron chi connectivity index (χ3n) is 3.56. The van der Waals surface area contributed by atoms with Crippen molar-refractivity contribution in [1.29, 1.82) is 0 Å². The van der Waals surface area contributed by atoms with Crippen LogP contribution in [0.4, 0.5) is 18.9 Å². The SMILES string of the molecule is [C-]#[N+]c1cc(F)cc(Oc2ccc3c(c2Br)[C@@H](O)C(F)(F)S3(=O)=O)c1. The summed E-state index contributed by atoms with van der Waals surface area (Å²) >= 11 is 2.95. The molecule has 0 aromatic heterocycles. The molecule has 1 N–H and O–H groups in total. The third-order valence-corrected chi connectivity index (χ3v) is 6.25. The van der Waals surface area contributed by atoms with Crippen molar-refractivity contribution < 1.29 is 31.4 Å². The third kappa shape index (κ3) is 2.59. The molecule has 0 saturated carbocycles. The first-order valence-electron chi connectivity index (χ1n) is 6.58. The molecule has 10 heteroatoms. The van der Waals surface area contributed by atoms with Crippen molar-refractivity contribution in [2.45, 2.75) is 16.3 Å². The average Bonchev–Trinajstić information content (AvgIpc) is 2.67. The van der Waals surface area contributed by atoms with E-state index in [1.165, 1.54) is 6.07 Å². The Morgan fingerprint density at radius 1 is 1.28 bits per heavy atom. The Morgan fingerprint density at radius 2 is 1.96 bits per heavy atom. The molecule has 1 aliphatic heterocycles. The van der Waals surface area contributed by atoms with Gasteiger partial charge in [0.25, 0.3) is 0 Å². The number of sulfone groups is 1. The number of aliphatic hydroxyl groups excluding tert-OH is 1. The minimum absolute atomic E-state index is 0.0403. The summed E-state index contributed by atoms with van der Waals surface area (Å²) in [5, 5.41) is 5.36. The van der Waals surface area contributed by atoms with Crippen LogP contribution in [-0.4, -0.2) is 18.8 Å². The molecule has 3 rings (SSSR count). The van der Waals surface area contributed by atoms with Crippen molar-refractivity contribution in [2.75, 3.05) is 0 Å². The first kappa shape index (κ1) is 17.7. The number of nitrogens with zero attached hydrogens (tertiary/aromatic N) is 1. The predicted octanol–water partition coefficient (Wildman–Crippen LogP) is 4.34.